The van der Waals surface area contributed by atoms with Gasteiger partial charge in [0.2, 0.25) is 0 Å². The molecule has 0 aliphatic carbocycles. The molecule has 0 N–H and O–H groups in total. The lowest BCUT2D eigenvalue weighted by Gasteiger charge is -2.20. The van der Waals surface area contributed by atoms with E-state index in [0.29, 0.717) is 13.1 Å². The van der Waals surface area contributed by atoms with Gasteiger partial charge in [0.25, 0.3) is 0 Å². The van der Waals surface area contributed by atoms with E-state index in [4.69, 9.17) is 0 Å². The van der Waals surface area contributed by atoms with Crippen LogP contribution >= 0.6 is 0 Å². The summed E-state index contributed by atoms with van der Waals surface area (Å²) >= 11 is 0. The maximum absolute atomic E-state index is 12.6. The van der Waals surface area contributed by atoms with Crippen LogP contribution in [0, 0.1) is 0 Å². The molecule has 1 saturated heterocycles. The van der Waals surface area contributed by atoms with Crippen molar-refractivity contribution < 1.29 is 13.2 Å². The fourth-order valence-corrected chi connectivity index (χ4v) is 1.80. The van der Waals surface area contributed by atoms with E-state index in [1.807, 2.05) is 0 Å². The molecule has 2 heterocycles. The molecule has 0 amide bonds. The summed E-state index contributed by atoms with van der Waals surface area (Å²) in [5.41, 5.74) is -0.633. The second-order valence-corrected chi connectivity index (χ2v) is 3.57. The molecule has 0 atom stereocenters. The van der Waals surface area contributed by atoms with Crippen molar-refractivity contribution in [2.45, 2.75) is 19.0 Å². The maximum atomic E-state index is 12.6. The Balaban J connectivity index is 2.37. The summed E-state index contributed by atoms with van der Waals surface area (Å²) in [6, 6.07) is 2.41. The SMILES string of the molecule is FC(F)(F)c1cccnc1N1CCCC1. The van der Waals surface area contributed by atoms with Gasteiger partial charge in [-0.25, -0.2) is 4.98 Å². The maximum Gasteiger partial charge on any atom is 0.419 e. The lowest BCUT2D eigenvalue weighted by molar-refractivity contribution is -0.137. The van der Waals surface area contributed by atoms with E-state index < -0.39 is 11.7 Å². The van der Waals surface area contributed by atoms with Crippen LogP contribution < -0.4 is 4.90 Å². The third kappa shape index (κ3) is 2.06. The Morgan fingerprint density at radius 2 is 1.87 bits per heavy atom. The molecule has 0 spiro atoms. The average Bonchev–Trinajstić information content (AvgIpc) is 2.69. The molecule has 2 nitrogen and oxygen atoms in total. The molecule has 1 aromatic heterocycles. The first kappa shape index (κ1) is 10.3. The Bertz CT molecular complexity index is 343. The largest absolute Gasteiger partial charge is 0.419 e. The fourth-order valence-electron chi connectivity index (χ4n) is 1.80. The highest BCUT2D eigenvalue weighted by Gasteiger charge is 2.35. The van der Waals surface area contributed by atoms with Crippen molar-refractivity contribution in [2.24, 2.45) is 0 Å². The number of pyridine rings is 1. The summed E-state index contributed by atoms with van der Waals surface area (Å²) in [7, 11) is 0. The van der Waals surface area contributed by atoms with Gasteiger partial charge in [-0.15, -0.1) is 0 Å². The zero-order valence-electron chi connectivity index (χ0n) is 8.09. The van der Waals surface area contributed by atoms with Crippen LogP contribution in [0.5, 0.6) is 0 Å². The van der Waals surface area contributed by atoms with Gasteiger partial charge >= 0.3 is 6.18 Å². The number of hydrogen-bond acceptors (Lipinski definition) is 2. The molecule has 5 heteroatoms. The smallest absolute Gasteiger partial charge is 0.356 e. The molecule has 0 radical (unpaired) electrons. The number of nitrogens with zero attached hydrogens (tertiary/aromatic N) is 2. The first-order chi connectivity index (χ1) is 7.09. The molecular formula is C10H11F3N2. The molecule has 15 heavy (non-hydrogen) atoms. The van der Waals surface area contributed by atoms with Crippen LogP contribution in [0.25, 0.3) is 0 Å². The van der Waals surface area contributed by atoms with E-state index >= 15 is 0 Å². The van der Waals surface area contributed by atoms with Gasteiger partial charge in [-0.2, -0.15) is 13.2 Å². The van der Waals surface area contributed by atoms with Gasteiger partial charge < -0.3 is 4.90 Å². The molecule has 82 valence electrons. The monoisotopic (exact) mass is 216 g/mol. The summed E-state index contributed by atoms with van der Waals surface area (Å²) in [5.74, 6) is 0.0718. The Kier molecular flexibility index (Phi) is 2.54. The minimum absolute atomic E-state index is 0.0718. The number of hydrogen-bond donors (Lipinski definition) is 0. The number of aromatic nitrogens is 1. The van der Waals surface area contributed by atoms with E-state index in [9.17, 15) is 13.2 Å². The highest BCUT2D eigenvalue weighted by Crippen LogP contribution is 2.35. The van der Waals surface area contributed by atoms with Gasteiger partial charge in [-0.1, -0.05) is 0 Å². The first-order valence-corrected chi connectivity index (χ1v) is 4.86. The van der Waals surface area contributed by atoms with Crippen LogP contribution in [0.2, 0.25) is 0 Å². The van der Waals surface area contributed by atoms with Gasteiger partial charge in [-0.05, 0) is 25.0 Å². The molecule has 1 fully saturated rings. The van der Waals surface area contributed by atoms with Crippen LogP contribution in [0.15, 0.2) is 18.3 Å². The number of alkyl halides is 3. The van der Waals surface area contributed by atoms with Crippen molar-refractivity contribution in [1.82, 2.24) is 4.98 Å². The summed E-state index contributed by atoms with van der Waals surface area (Å²) in [6.45, 7) is 1.33. The van der Waals surface area contributed by atoms with Gasteiger partial charge in [0.15, 0.2) is 0 Å². The van der Waals surface area contributed by atoms with Crippen LogP contribution in [-0.2, 0) is 6.18 Å². The summed E-state index contributed by atoms with van der Waals surface area (Å²) in [5, 5.41) is 0. The van der Waals surface area contributed by atoms with E-state index in [2.05, 4.69) is 4.98 Å². The Morgan fingerprint density at radius 3 is 2.47 bits per heavy atom. The molecule has 0 aromatic carbocycles. The predicted octanol–water partition coefficient (Wildman–Crippen LogP) is 2.70. The molecule has 1 aliphatic heterocycles. The zero-order valence-corrected chi connectivity index (χ0v) is 8.09. The number of rotatable bonds is 1. The third-order valence-corrected chi connectivity index (χ3v) is 2.50. The molecule has 1 aliphatic rings. The van der Waals surface area contributed by atoms with Crippen molar-refractivity contribution in [1.29, 1.82) is 0 Å². The van der Waals surface area contributed by atoms with Crippen molar-refractivity contribution in [3.05, 3.63) is 23.9 Å². The minimum atomic E-state index is -4.31. The Labute approximate surface area is 85.7 Å². The van der Waals surface area contributed by atoms with Crippen LogP contribution in [-0.4, -0.2) is 18.1 Å². The molecule has 0 saturated carbocycles. The fraction of sp³-hybridized carbons (Fsp3) is 0.500. The Hall–Kier alpha value is -1.26. The first-order valence-electron chi connectivity index (χ1n) is 4.86. The highest BCUT2D eigenvalue weighted by molar-refractivity contribution is 5.48. The van der Waals surface area contributed by atoms with Crippen molar-refractivity contribution in [3.63, 3.8) is 0 Å². The van der Waals surface area contributed by atoms with E-state index in [1.165, 1.54) is 12.3 Å². The second-order valence-electron chi connectivity index (χ2n) is 3.57. The lowest BCUT2D eigenvalue weighted by Crippen LogP contribution is -2.23. The molecule has 1 aromatic rings. The minimum Gasteiger partial charge on any atom is -0.356 e. The van der Waals surface area contributed by atoms with E-state index in [0.717, 1.165) is 18.9 Å². The highest BCUT2D eigenvalue weighted by atomic mass is 19.4. The van der Waals surface area contributed by atoms with Crippen LogP contribution in [0.1, 0.15) is 18.4 Å². The standard InChI is InChI=1S/C10H11F3N2/c11-10(12,13)8-4-3-5-14-9(8)15-6-1-2-7-15/h3-5H,1-2,6-7H2. The predicted molar refractivity (Wildman–Crippen MR) is 50.7 cm³/mol. The molecular weight excluding hydrogens is 205 g/mol. The average molecular weight is 216 g/mol. The lowest BCUT2D eigenvalue weighted by atomic mass is 10.2. The van der Waals surface area contributed by atoms with Crippen molar-refractivity contribution in [2.75, 3.05) is 18.0 Å². The summed E-state index contributed by atoms with van der Waals surface area (Å²) < 4.78 is 37.9. The molecule has 0 bridgehead atoms. The normalized spacial score (nSPS) is 17.1. The Morgan fingerprint density at radius 1 is 1.20 bits per heavy atom. The molecule has 0 unspecified atom stereocenters. The summed E-state index contributed by atoms with van der Waals surface area (Å²) in [4.78, 5) is 5.53. The third-order valence-electron chi connectivity index (χ3n) is 2.50. The number of halogens is 3. The van der Waals surface area contributed by atoms with Gasteiger partial charge in [0, 0.05) is 19.3 Å². The molecule has 2 rings (SSSR count). The van der Waals surface area contributed by atoms with Gasteiger partial charge in [0.05, 0.1) is 5.56 Å². The number of anilines is 1. The zero-order chi connectivity index (χ0) is 10.9. The topological polar surface area (TPSA) is 16.1 Å². The summed E-state index contributed by atoms with van der Waals surface area (Å²) in [6.07, 6.45) is -1.03. The van der Waals surface area contributed by atoms with E-state index in [1.54, 1.807) is 4.90 Å². The van der Waals surface area contributed by atoms with Crippen molar-refractivity contribution >= 4 is 5.82 Å². The second kappa shape index (κ2) is 3.72. The van der Waals surface area contributed by atoms with Crippen molar-refractivity contribution in [3.8, 4) is 0 Å². The van der Waals surface area contributed by atoms with Gasteiger partial charge in [0.1, 0.15) is 5.82 Å². The quantitative estimate of drug-likeness (QED) is 0.717. The van der Waals surface area contributed by atoms with Crippen LogP contribution in [0.4, 0.5) is 19.0 Å². The van der Waals surface area contributed by atoms with Crippen LogP contribution in [0.3, 0.4) is 0 Å². The van der Waals surface area contributed by atoms with Gasteiger partial charge in [-0.3, -0.25) is 0 Å². The van der Waals surface area contributed by atoms with E-state index in [-0.39, 0.29) is 5.82 Å².